The second-order valence-electron chi connectivity index (χ2n) is 2.71. The number of carboxylic acids is 1. The molecule has 1 rings (SSSR count). The average Bonchev–Trinajstić information content (AvgIpc) is 2.05. The number of carboxylic acid groups (broad SMARTS) is 1. The monoisotopic (exact) mass is 239 g/mol. The number of aromatic nitrogens is 1. The summed E-state index contributed by atoms with van der Waals surface area (Å²) in [5.41, 5.74) is -1.08. The lowest BCUT2D eigenvalue weighted by Crippen LogP contribution is -2.09. The number of halogens is 4. The number of pyridine rings is 1. The molecule has 0 bridgehead atoms. The summed E-state index contributed by atoms with van der Waals surface area (Å²) >= 11 is 5.41. The van der Waals surface area contributed by atoms with Crippen molar-refractivity contribution in [2.24, 2.45) is 0 Å². The predicted molar refractivity (Wildman–Crippen MR) is 45.6 cm³/mol. The molecular weight excluding hydrogens is 235 g/mol. The molecule has 0 aromatic carbocycles. The van der Waals surface area contributed by atoms with Gasteiger partial charge in [-0.3, -0.25) is 4.79 Å². The maximum atomic E-state index is 12.1. The molecule has 7 heteroatoms. The van der Waals surface area contributed by atoms with Crippen LogP contribution in [0.2, 0.25) is 5.15 Å². The minimum Gasteiger partial charge on any atom is -0.481 e. The zero-order valence-corrected chi connectivity index (χ0v) is 7.93. The van der Waals surface area contributed by atoms with Crippen LogP contribution in [0.15, 0.2) is 12.1 Å². The lowest BCUT2D eigenvalue weighted by Gasteiger charge is -2.07. The highest BCUT2D eigenvalue weighted by atomic mass is 35.5. The molecule has 1 aromatic heterocycles. The summed E-state index contributed by atoms with van der Waals surface area (Å²) in [4.78, 5) is 13.4. The van der Waals surface area contributed by atoms with E-state index in [1.807, 2.05) is 0 Å². The van der Waals surface area contributed by atoms with Crippen molar-refractivity contribution in [2.45, 2.75) is 12.6 Å². The number of alkyl halides is 3. The molecule has 0 fully saturated rings. The van der Waals surface area contributed by atoms with Crippen LogP contribution in [0.25, 0.3) is 0 Å². The van der Waals surface area contributed by atoms with Crippen molar-refractivity contribution in [3.63, 3.8) is 0 Å². The van der Waals surface area contributed by atoms with Crippen LogP contribution < -0.4 is 0 Å². The van der Waals surface area contributed by atoms with Crippen LogP contribution >= 0.6 is 11.6 Å². The minimum absolute atomic E-state index is 0.0529. The van der Waals surface area contributed by atoms with Crippen LogP contribution in [0.5, 0.6) is 0 Å². The second kappa shape index (κ2) is 4.06. The van der Waals surface area contributed by atoms with Gasteiger partial charge >= 0.3 is 12.1 Å². The van der Waals surface area contributed by atoms with Crippen molar-refractivity contribution >= 4 is 17.6 Å². The van der Waals surface area contributed by atoms with Gasteiger partial charge in [-0.1, -0.05) is 17.7 Å². The Morgan fingerprint density at radius 2 is 2.07 bits per heavy atom. The fraction of sp³-hybridized carbons (Fsp3) is 0.250. The van der Waals surface area contributed by atoms with Gasteiger partial charge in [-0.25, -0.2) is 4.98 Å². The maximum Gasteiger partial charge on any atom is 0.433 e. The largest absolute Gasteiger partial charge is 0.481 e. The zero-order chi connectivity index (χ0) is 11.6. The molecule has 15 heavy (non-hydrogen) atoms. The van der Waals surface area contributed by atoms with Crippen LogP contribution in [0.4, 0.5) is 13.2 Å². The van der Waals surface area contributed by atoms with E-state index >= 15 is 0 Å². The van der Waals surface area contributed by atoms with Crippen LogP contribution in [0.3, 0.4) is 0 Å². The molecule has 0 aliphatic rings. The number of rotatable bonds is 2. The van der Waals surface area contributed by atoms with E-state index in [1.165, 1.54) is 0 Å². The van der Waals surface area contributed by atoms with E-state index < -0.39 is 29.4 Å². The third-order valence-electron chi connectivity index (χ3n) is 1.56. The molecule has 0 saturated heterocycles. The molecule has 0 amide bonds. The Bertz CT molecular complexity index is 392. The molecule has 0 aliphatic carbocycles. The van der Waals surface area contributed by atoms with Crippen molar-refractivity contribution < 1.29 is 23.1 Å². The Morgan fingerprint density at radius 3 is 2.47 bits per heavy atom. The van der Waals surface area contributed by atoms with Gasteiger partial charge in [-0.15, -0.1) is 0 Å². The molecule has 1 N–H and O–H groups in total. The van der Waals surface area contributed by atoms with Crippen LogP contribution in [-0.2, 0) is 17.4 Å². The van der Waals surface area contributed by atoms with Gasteiger partial charge in [0.25, 0.3) is 0 Å². The number of hydrogen-bond acceptors (Lipinski definition) is 2. The van der Waals surface area contributed by atoms with E-state index in [0.29, 0.717) is 6.07 Å². The first kappa shape index (κ1) is 11.8. The molecular formula is C8H5ClF3NO2. The number of aliphatic carboxylic acids is 1. The average molecular weight is 240 g/mol. The van der Waals surface area contributed by atoms with Gasteiger partial charge in [0.2, 0.25) is 0 Å². The maximum absolute atomic E-state index is 12.1. The zero-order valence-electron chi connectivity index (χ0n) is 7.18. The summed E-state index contributed by atoms with van der Waals surface area (Å²) < 4.78 is 36.4. The topological polar surface area (TPSA) is 50.2 Å². The highest BCUT2D eigenvalue weighted by molar-refractivity contribution is 6.30. The molecule has 0 radical (unpaired) electrons. The standard InChI is InChI=1S/C8H5ClF3NO2/c9-7-4(3-6(14)15)1-2-5(13-7)8(10,11)12/h1-2H,3H2,(H,14,15). The molecule has 82 valence electrons. The Hall–Kier alpha value is -1.30. The first-order valence-corrected chi connectivity index (χ1v) is 4.13. The lowest BCUT2D eigenvalue weighted by molar-refractivity contribution is -0.141. The van der Waals surface area contributed by atoms with E-state index in [2.05, 4.69) is 4.98 Å². The van der Waals surface area contributed by atoms with Gasteiger partial charge < -0.3 is 5.11 Å². The summed E-state index contributed by atoms with van der Waals surface area (Å²) in [6, 6.07) is 1.70. The quantitative estimate of drug-likeness (QED) is 0.806. The first-order chi connectivity index (χ1) is 6.80. The molecule has 0 saturated carbocycles. The lowest BCUT2D eigenvalue weighted by atomic mass is 10.2. The molecule has 0 unspecified atom stereocenters. The molecule has 0 spiro atoms. The van der Waals surface area contributed by atoms with Crippen molar-refractivity contribution in [2.75, 3.05) is 0 Å². The molecule has 3 nitrogen and oxygen atoms in total. The highest BCUT2D eigenvalue weighted by Crippen LogP contribution is 2.29. The Balaban J connectivity index is 3.03. The Kier molecular flexibility index (Phi) is 3.18. The van der Waals surface area contributed by atoms with Crippen molar-refractivity contribution in [3.05, 3.63) is 28.5 Å². The van der Waals surface area contributed by atoms with Gasteiger partial charge in [0.05, 0.1) is 6.42 Å². The molecule has 0 atom stereocenters. The number of carbonyl (C=O) groups is 1. The van der Waals surface area contributed by atoms with Crippen molar-refractivity contribution in [3.8, 4) is 0 Å². The summed E-state index contributed by atoms with van der Waals surface area (Å²) in [6.07, 6.45) is -5.03. The number of nitrogens with zero attached hydrogens (tertiary/aromatic N) is 1. The minimum atomic E-state index is -4.58. The summed E-state index contributed by atoms with van der Waals surface area (Å²) in [7, 11) is 0. The van der Waals surface area contributed by atoms with Gasteiger partial charge in [0.1, 0.15) is 10.8 Å². The number of hydrogen-bond donors (Lipinski definition) is 1. The van der Waals surface area contributed by atoms with E-state index in [0.717, 1.165) is 6.07 Å². The predicted octanol–water partition coefficient (Wildman–Crippen LogP) is 2.38. The molecule has 0 aliphatic heterocycles. The van der Waals surface area contributed by atoms with E-state index in [-0.39, 0.29) is 5.56 Å². The summed E-state index contributed by atoms with van der Waals surface area (Å²) in [5, 5.41) is 7.97. The van der Waals surface area contributed by atoms with Crippen LogP contribution in [0, 0.1) is 0 Å². The van der Waals surface area contributed by atoms with Gasteiger partial charge in [0, 0.05) is 5.56 Å². The van der Waals surface area contributed by atoms with Gasteiger partial charge in [-0.2, -0.15) is 13.2 Å². The Labute approximate surface area is 87.5 Å². The highest BCUT2D eigenvalue weighted by Gasteiger charge is 2.32. The smallest absolute Gasteiger partial charge is 0.433 e. The normalized spacial score (nSPS) is 11.5. The fourth-order valence-corrected chi connectivity index (χ4v) is 1.14. The van der Waals surface area contributed by atoms with Gasteiger partial charge in [-0.05, 0) is 6.07 Å². The third kappa shape index (κ3) is 3.09. The summed E-state index contributed by atoms with van der Waals surface area (Å²) in [6.45, 7) is 0. The first-order valence-electron chi connectivity index (χ1n) is 3.75. The molecule has 1 aromatic rings. The van der Waals surface area contributed by atoms with Crippen LogP contribution in [0.1, 0.15) is 11.3 Å². The third-order valence-corrected chi connectivity index (χ3v) is 1.89. The van der Waals surface area contributed by atoms with Crippen molar-refractivity contribution in [1.82, 2.24) is 4.98 Å². The SMILES string of the molecule is O=C(O)Cc1ccc(C(F)(F)F)nc1Cl. The van der Waals surface area contributed by atoms with Crippen molar-refractivity contribution in [1.29, 1.82) is 0 Å². The van der Waals surface area contributed by atoms with Crippen LogP contribution in [-0.4, -0.2) is 16.1 Å². The second-order valence-corrected chi connectivity index (χ2v) is 3.07. The molecule has 1 heterocycles. The Morgan fingerprint density at radius 1 is 1.47 bits per heavy atom. The van der Waals surface area contributed by atoms with Gasteiger partial charge in [0.15, 0.2) is 0 Å². The van der Waals surface area contributed by atoms with E-state index in [9.17, 15) is 18.0 Å². The fourth-order valence-electron chi connectivity index (χ4n) is 0.916. The summed E-state index contributed by atoms with van der Waals surface area (Å²) in [5.74, 6) is -1.18. The van der Waals surface area contributed by atoms with E-state index in [4.69, 9.17) is 16.7 Å². The van der Waals surface area contributed by atoms with E-state index in [1.54, 1.807) is 0 Å².